The van der Waals surface area contributed by atoms with Gasteiger partial charge in [0.25, 0.3) is 0 Å². The highest BCUT2D eigenvalue weighted by molar-refractivity contribution is 5.20. The predicted molar refractivity (Wildman–Crippen MR) is 67.5 cm³/mol. The van der Waals surface area contributed by atoms with E-state index in [1.807, 2.05) is 10.6 Å². The van der Waals surface area contributed by atoms with E-state index >= 15 is 0 Å². The van der Waals surface area contributed by atoms with Gasteiger partial charge in [-0.05, 0) is 31.5 Å². The van der Waals surface area contributed by atoms with E-state index in [9.17, 15) is 4.39 Å². The quantitative estimate of drug-likeness (QED) is 0.901. The summed E-state index contributed by atoms with van der Waals surface area (Å²) in [6.07, 6.45) is 0.558. The Bertz CT molecular complexity index is 534. The van der Waals surface area contributed by atoms with Gasteiger partial charge in [0.1, 0.15) is 17.5 Å². The molecule has 1 aromatic carbocycles. The standard InChI is InChI=1S/C13H17FN4/c1-9(2)18-12(16-17-13(18)8-15)7-10-4-3-5-11(14)6-10/h3-6,9H,7-8,15H2,1-2H3. The van der Waals surface area contributed by atoms with Gasteiger partial charge in [-0.3, -0.25) is 0 Å². The molecule has 0 atom stereocenters. The highest BCUT2D eigenvalue weighted by Crippen LogP contribution is 2.15. The molecule has 5 heteroatoms. The SMILES string of the molecule is CC(C)n1c(CN)nnc1Cc1cccc(F)c1. The molecule has 0 spiro atoms. The maximum Gasteiger partial charge on any atom is 0.147 e. The summed E-state index contributed by atoms with van der Waals surface area (Å²) in [7, 11) is 0. The lowest BCUT2D eigenvalue weighted by Gasteiger charge is -2.13. The maximum atomic E-state index is 13.1. The van der Waals surface area contributed by atoms with Gasteiger partial charge in [0.15, 0.2) is 0 Å². The van der Waals surface area contributed by atoms with Crippen molar-refractivity contribution in [1.82, 2.24) is 14.8 Å². The average molecular weight is 248 g/mol. The third-order valence-corrected chi connectivity index (χ3v) is 2.79. The van der Waals surface area contributed by atoms with E-state index in [1.165, 1.54) is 12.1 Å². The van der Waals surface area contributed by atoms with Gasteiger partial charge in [0, 0.05) is 12.5 Å². The molecule has 1 aromatic heterocycles. The summed E-state index contributed by atoms with van der Waals surface area (Å²) in [6.45, 7) is 4.46. The molecule has 0 aliphatic rings. The Kier molecular flexibility index (Phi) is 3.72. The van der Waals surface area contributed by atoms with Crippen LogP contribution in [0.25, 0.3) is 0 Å². The second kappa shape index (κ2) is 5.27. The minimum atomic E-state index is -0.234. The summed E-state index contributed by atoms with van der Waals surface area (Å²) in [4.78, 5) is 0. The van der Waals surface area contributed by atoms with Crippen molar-refractivity contribution in [2.45, 2.75) is 32.9 Å². The van der Waals surface area contributed by atoms with E-state index in [4.69, 9.17) is 5.73 Å². The molecule has 0 saturated carbocycles. The molecule has 0 bridgehead atoms. The molecule has 2 aromatic rings. The van der Waals surface area contributed by atoms with E-state index in [0.29, 0.717) is 13.0 Å². The van der Waals surface area contributed by atoms with Crippen molar-refractivity contribution in [3.05, 3.63) is 47.3 Å². The molecule has 2 rings (SSSR count). The predicted octanol–water partition coefficient (Wildman–Crippen LogP) is 2.05. The number of aromatic nitrogens is 3. The van der Waals surface area contributed by atoms with Gasteiger partial charge in [-0.15, -0.1) is 10.2 Å². The van der Waals surface area contributed by atoms with E-state index < -0.39 is 0 Å². The van der Waals surface area contributed by atoms with Crippen LogP contribution in [-0.4, -0.2) is 14.8 Å². The molecule has 0 unspecified atom stereocenters. The number of rotatable bonds is 4. The van der Waals surface area contributed by atoms with Crippen LogP contribution in [0.4, 0.5) is 4.39 Å². The summed E-state index contributed by atoms with van der Waals surface area (Å²) < 4.78 is 15.1. The zero-order chi connectivity index (χ0) is 13.1. The summed E-state index contributed by atoms with van der Waals surface area (Å²) >= 11 is 0. The van der Waals surface area contributed by atoms with Crippen LogP contribution in [0.15, 0.2) is 24.3 Å². The van der Waals surface area contributed by atoms with E-state index in [-0.39, 0.29) is 11.9 Å². The zero-order valence-corrected chi connectivity index (χ0v) is 10.6. The Labute approximate surface area is 106 Å². The second-order valence-electron chi connectivity index (χ2n) is 4.51. The van der Waals surface area contributed by atoms with Crippen molar-refractivity contribution in [3.8, 4) is 0 Å². The van der Waals surface area contributed by atoms with Crippen LogP contribution in [0.5, 0.6) is 0 Å². The molecule has 0 saturated heterocycles. The van der Waals surface area contributed by atoms with Crippen molar-refractivity contribution in [1.29, 1.82) is 0 Å². The summed E-state index contributed by atoms with van der Waals surface area (Å²) in [5.41, 5.74) is 6.52. The number of benzene rings is 1. The van der Waals surface area contributed by atoms with Crippen LogP contribution in [0, 0.1) is 5.82 Å². The Balaban J connectivity index is 2.32. The normalized spacial score (nSPS) is 11.2. The smallest absolute Gasteiger partial charge is 0.147 e. The third-order valence-electron chi connectivity index (χ3n) is 2.79. The number of halogens is 1. The number of nitrogens with two attached hydrogens (primary N) is 1. The first kappa shape index (κ1) is 12.7. The Hall–Kier alpha value is -1.75. The van der Waals surface area contributed by atoms with E-state index in [0.717, 1.165) is 17.2 Å². The summed E-state index contributed by atoms with van der Waals surface area (Å²) in [5, 5.41) is 8.21. The molecule has 0 aliphatic carbocycles. The highest BCUT2D eigenvalue weighted by Gasteiger charge is 2.13. The number of hydrogen-bond donors (Lipinski definition) is 1. The molecular formula is C13H17FN4. The molecule has 0 radical (unpaired) electrons. The van der Waals surface area contributed by atoms with Crippen molar-refractivity contribution >= 4 is 0 Å². The molecule has 0 fully saturated rings. The molecule has 0 aliphatic heterocycles. The molecule has 2 N–H and O–H groups in total. The van der Waals surface area contributed by atoms with E-state index in [2.05, 4.69) is 24.0 Å². The van der Waals surface area contributed by atoms with Crippen molar-refractivity contribution in [2.24, 2.45) is 5.73 Å². The lowest BCUT2D eigenvalue weighted by Crippen LogP contribution is -2.13. The fourth-order valence-corrected chi connectivity index (χ4v) is 2.05. The summed E-state index contributed by atoms with van der Waals surface area (Å²) in [6, 6.07) is 6.76. The number of hydrogen-bond acceptors (Lipinski definition) is 3. The Morgan fingerprint density at radius 3 is 2.61 bits per heavy atom. The summed E-state index contributed by atoms with van der Waals surface area (Å²) in [5.74, 6) is 1.34. The lowest BCUT2D eigenvalue weighted by molar-refractivity contribution is 0.548. The van der Waals surface area contributed by atoms with Crippen LogP contribution in [0.2, 0.25) is 0 Å². The number of nitrogens with zero attached hydrogens (tertiary/aromatic N) is 3. The minimum absolute atomic E-state index is 0.234. The maximum absolute atomic E-state index is 13.1. The molecule has 1 heterocycles. The first-order chi connectivity index (χ1) is 8.61. The van der Waals surface area contributed by atoms with Crippen LogP contribution in [0.1, 0.15) is 37.1 Å². The van der Waals surface area contributed by atoms with Crippen molar-refractivity contribution in [3.63, 3.8) is 0 Å². The molecule has 0 amide bonds. The van der Waals surface area contributed by atoms with Gasteiger partial charge in [0.05, 0.1) is 6.54 Å². The monoisotopic (exact) mass is 248 g/mol. The molecule has 18 heavy (non-hydrogen) atoms. The van der Waals surface area contributed by atoms with Crippen LogP contribution >= 0.6 is 0 Å². The van der Waals surface area contributed by atoms with Crippen LogP contribution in [0.3, 0.4) is 0 Å². The third kappa shape index (κ3) is 2.56. The van der Waals surface area contributed by atoms with Gasteiger partial charge in [-0.25, -0.2) is 4.39 Å². The van der Waals surface area contributed by atoms with Crippen LogP contribution < -0.4 is 5.73 Å². The first-order valence-electron chi connectivity index (χ1n) is 5.99. The van der Waals surface area contributed by atoms with Gasteiger partial charge >= 0.3 is 0 Å². The first-order valence-corrected chi connectivity index (χ1v) is 5.99. The molecule has 96 valence electrons. The fraction of sp³-hybridized carbons (Fsp3) is 0.385. The van der Waals surface area contributed by atoms with Gasteiger partial charge in [0.2, 0.25) is 0 Å². The second-order valence-corrected chi connectivity index (χ2v) is 4.51. The topological polar surface area (TPSA) is 56.7 Å². The Morgan fingerprint density at radius 1 is 1.28 bits per heavy atom. The van der Waals surface area contributed by atoms with E-state index in [1.54, 1.807) is 6.07 Å². The van der Waals surface area contributed by atoms with Gasteiger partial charge < -0.3 is 10.3 Å². The average Bonchev–Trinajstić information content (AvgIpc) is 2.72. The molecule has 4 nitrogen and oxygen atoms in total. The zero-order valence-electron chi connectivity index (χ0n) is 10.6. The highest BCUT2D eigenvalue weighted by atomic mass is 19.1. The largest absolute Gasteiger partial charge is 0.324 e. The Morgan fingerprint density at radius 2 is 2.00 bits per heavy atom. The fourth-order valence-electron chi connectivity index (χ4n) is 2.05. The molecular weight excluding hydrogens is 231 g/mol. The van der Waals surface area contributed by atoms with Gasteiger partial charge in [-0.1, -0.05) is 12.1 Å². The van der Waals surface area contributed by atoms with Crippen molar-refractivity contribution < 1.29 is 4.39 Å². The van der Waals surface area contributed by atoms with Crippen molar-refractivity contribution in [2.75, 3.05) is 0 Å². The van der Waals surface area contributed by atoms with Crippen LogP contribution in [-0.2, 0) is 13.0 Å². The lowest BCUT2D eigenvalue weighted by atomic mass is 10.1. The minimum Gasteiger partial charge on any atom is -0.324 e. The van der Waals surface area contributed by atoms with Gasteiger partial charge in [-0.2, -0.15) is 0 Å².